The summed E-state index contributed by atoms with van der Waals surface area (Å²) in [6, 6.07) is 13.4. The molecule has 2 nitrogen and oxygen atoms in total. The lowest BCUT2D eigenvalue weighted by Gasteiger charge is -2.22. The van der Waals surface area contributed by atoms with Crippen LogP contribution in [-0.2, 0) is 0 Å². The number of para-hydroxylation sites is 1. The number of carbonyl (C=O) groups excluding carboxylic acids is 1. The zero-order valence-corrected chi connectivity index (χ0v) is 11.1. The average molecular weight is 260 g/mol. The molecule has 0 spiro atoms. The van der Waals surface area contributed by atoms with E-state index in [1.807, 2.05) is 36.2 Å². The first-order valence-electron chi connectivity index (χ1n) is 5.67. The summed E-state index contributed by atoms with van der Waals surface area (Å²) in [5, 5.41) is 0.574. The van der Waals surface area contributed by atoms with E-state index in [9.17, 15) is 4.79 Å². The van der Waals surface area contributed by atoms with Gasteiger partial charge in [-0.1, -0.05) is 29.8 Å². The number of anilines is 2. The van der Waals surface area contributed by atoms with Gasteiger partial charge in [-0.3, -0.25) is 4.79 Å². The highest BCUT2D eigenvalue weighted by molar-refractivity contribution is 6.33. The number of aldehydes is 1. The predicted molar refractivity (Wildman–Crippen MR) is 76.1 cm³/mol. The van der Waals surface area contributed by atoms with Crippen molar-refractivity contribution < 1.29 is 4.79 Å². The second kappa shape index (κ2) is 5.23. The SMILES string of the molecule is Cc1ccccc1N(C)c1ccc(C=O)cc1Cl. The van der Waals surface area contributed by atoms with E-state index in [0.717, 1.165) is 17.7 Å². The zero-order valence-electron chi connectivity index (χ0n) is 10.4. The molecule has 0 heterocycles. The predicted octanol–water partition coefficient (Wildman–Crippen LogP) is 4.23. The van der Waals surface area contributed by atoms with Gasteiger partial charge in [0.1, 0.15) is 6.29 Å². The Balaban J connectivity index is 2.43. The topological polar surface area (TPSA) is 20.3 Å². The minimum atomic E-state index is 0.574. The molecule has 2 aromatic carbocycles. The number of aryl methyl sites for hydroxylation is 1. The smallest absolute Gasteiger partial charge is 0.150 e. The van der Waals surface area contributed by atoms with Crippen LogP contribution >= 0.6 is 11.6 Å². The van der Waals surface area contributed by atoms with Crippen molar-refractivity contribution in [1.29, 1.82) is 0 Å². The molecule has 18 heavy (non-hydrogen) atoms. The lowest BCUT2D eigenvalue weighted by Crippen LogP contribution is -2.11. The third-order valence-electron chi connectivity index (χ3n) is 2.95. The molecule has 0 saturated heterocycles. The molecular weight excluding hydrogens is 246 g/mol. The normalized spacial score (nSPS) is 10.2. The molecule has 0 aliphatic rings. The summed E-state index contributed by atoms with van der Waals surface area (Å²) < 4.78 is 0. The largest absolute Gasteiger partial charge is 0.343 e. The van der Waals surface area contributed by atoms with Gasteiger partial charge in [0.25, 0.3) is 0 Å². The molecule has 0 N–H and O–H groups in total. The Morgan fingerprint density at radius 1 is 1.11 bits per heavy atom. The summed E-state index contributed by atoms with van der Waals surface area (Å²) in [4.78, 5) is 12.7. The summed E-state index contributed by atoms with van der Waals surface area (Å²) in [6.07, 6.45) is 0.795. The van der Waals surface area contributed by atoms with Crippen LogP contribution in [0.25, 0.3) is 0 Å². The van der Waals surface area contributed by atoms with Crippen LogP contribution in [0.3, 0.4) is 0 Å². The average Bonchev–Trinajstić information content (AvgIpc) is 2.38. The van der Waals surface area contributed by atoms with E-state index in [1.54, 1.807) is 12.1 Å². The second-order valence-corrected chi connectivity index (χ2v) is 4.58. The van der Waals surface area contributed by atoms with Crippen LogP contribution in [-0.4, -0.2) is 13.3 Å². The molecule has 0 radical (unpaired) electrons. The number of hydrogen-bond acceptors (Lipinski definition) is 2. The molecule has 0 aromatic heterocycles. The molecule has 0 bridgehead atoms. The number of carbonyl (C=O) groups is 1. The van der Waals surface area contributed by atoms with E-state index >= 15 is 0 Å². The van der Waals surface area contributed by atoms with Crippen molar-refractivity contribution in [2.45, 2.75) is 6.92 Å². The van der Waals surface area contributed by atoms with E-state index in [-0.39, 0.29) is 0 Å². The van der Waals surface area contributed by atoms with Crippen molar-refractivity contribution in [2.24, 2.45) is 0 Å². The number of halogens is 1. The monoisotopic (exact) mass is 259 g/mol. The molecule has 0 aliphatic heterocycles. The van der Waals surface area contributed by atoms with Gasteiger partial charge in [-0.25, -0.2) is 0 Å². The Morgan fingerprint density at radius 2 is 1.83 bits per heavy atom. The maximum atomic E-state index is 10.7. The highest BCUT2D eigenvalue weighted by Crippen LogP contribution is 2.32. The summed E-state index contributed by atoms with van der Waals surface area (Å²) in [5.74, 6) is 0. The van der Waals surface area contributed by atoms with Gasteiger partial charge in [-0.15, -0.1) is 0 Å². The highest BCUT2D eigenvalue weighted by Gasteiger charge is 2.10. The summed E-state index contributed by atoms with van der Waals surface area (Å²) in [7, 11) is 1.96. The van der Waals surface area contributed by atoms with Crippen LogP contribution in [0.15, 0.2) is 42.5 Å². The van der Waals surface area contributed by atoms with Gasteiger partial charge in [0, 0.05) is 18.3 Å². The molecule has 3 heteroatoms. The number of benzene rings is 2. The van der Waals surface area contributed by atoms with Gasteiger partial charge in [0.2, 0.25) is 0 Å². The van der Waals surface area contributed by atoms with Crippen LogP contribution in [0.5, 0.6) is 0 Å². The molecular formula is C15H14ClNO. The van der Waals surface area contributed by atoms with E-state index in [2.05, 4.69) is 13.0 Å². The second-order valence-electron chi connectivity index (χ2n) is 4.17. The fourth-order valence-corrected chi connectivity index (χ4v) is 2.25. The standard InChI is InChI=1S/C15H14ClNO/c1-11-5-3-4-6-14(11)17(2)15-8-7-12(10-18)9-13(15)16/h3-10H,1-2H3. The van der Waals surface area contributed by atoms with Crippen molar-refractivity contribution in [3.63, 3.8) is 0 Å². The molecule has 2 rings (SSSR count). The summed E-state index contributed by atoms with van der Waals surface area (Å²) in [6.45, 7) is 2.06. The molecule has 92 valence electrons. The van der Waals surface area contributed by atoms with Crippen molar-refractivity contribution in [3.05, 3.63) is 58.6 Å². The third-order valence-corrected chi connectivity index (χ3v) is 3.25. The fourth-order valence-electron chi connectivity index (χ4n) is 1.94. The van der Waals surface area contributed by atoms with Crippen molar-refractivity contribution in [3.8, 4) is 0 Å². The zero-order chi connectivity index (χ0) is 13.1. The Hall–Kier alpha value is -1.80. The molecule has 0 saturated carbocycles. The van der Waals surface area contributed by atoms with E-state index in [4.69, 9.17) is 11.6 Å². The minimum absolute atomic E-state index is 0.574. The van der Waals surface area contributed by atoms with Crippen molar-refractivity contribution >= 4 is 29.3 Å². The molecule has 0 atom stereocenters. The first-order chi connectivity index (χ1) is 8.63. The molecule has 0 unspecified atom stereocenters. The third kappa shape index (κ3) is 2.39. The Labute approximate surface area is 112 Å². The van der Waals surface area contributed by atoms with E-state index < -0.39 is 0 Å². The van der Waals surface area contributed by atoms with E-state index in [1.165, 1.54) is 5.56 Å². The Morgan fingerprint density at radius 3 is 2.44 bits per heavy atom. The molecule has 2 aromatic rings. The van der Waals surface area contributed by atoms with Gasteiger partial charge in [-0.2, -0.15) is 0 Å². The quantitative estimate of drug-likeness (QED) is 0.769. The van der Waals surface area contributed by atoms with Crippen LogP contribution in [0, 0.1) is 6.92 Å². The van der Waals surface area contributed by atoms with Crippen molar-refractivity contribution in [1.82, 2.24) is 0 Å². The van der Waals surface area contributed by atoms with Crippen LogP contribution in [0.4, 0.5) is 11.4 Å². The maximum absolute atomic E-state index is 10.7. The number of hydrogen-bond donors (Lipinski definition) is 0. The van der Waals surface area contributed by atoms with Gasteiger partial charge in [0.15, 0.2) is 0 Å². The van der Waals surface area contributed by atoms with Gasteiger partial charge in [-0.05, 0) is 36.8 Å². The highest BCUT2D eigenvalue weighted by atomic mass is 35.5. The number of rotatable bonds is 3. The van der Waals surface area contributed by atoms with Gasteiger partial charge < -0.3 is 4.90 Å². The van der Waals surface area contributed by atoms with Gasteiger partial charge in [0.05, 0.1) is 10.7 Å². The summed E-state index contributed by atoms with van der Waals surface area (Å²) in [5.41, 5.74) is 3.74. The summed E-state index contributed by atoms with van der Waals surface area (Å²) >= 11 is 6.20. The lowest BCUT2D eigenvalue weighted by atomic mass is 10.1. The molecule has 0 amide bonds. The fraction of sp³-hybridized carbons (Fsp3) is 0.133. The first kappa shape index (κ1) is 12.7. The molecule has 0 aliphatic carbocycles. The minimum Gasteiger partial charge on any atom is -0.343 e. The van der Waals surface area contributed by atoms with Crippen molar-refractivity contribution in [2.75, 3.05) is 11.9 Å². The maximum Gasteiger partial charge on any atom is 0.150 e. The lowest BCUT2D eigenvalue weighted by molar-refractivity contribution is 0.112. The van der Waals surface area contributed by atoms with Crippen LogP contribution < -0.4 is 4.90 Å². The molecule has 0 fully saturated rings. The number of nitrogens with zero attached hydrogens (tertiary/aromatic N) is 1. The van der Waals surface area contributed by atoms with Crippen LogP contribution in [0.1, 0.15) is 15.9 Å². The first-order valence-corrected chi connectivity index (χ1v) is 6.05. The van der Waals surface area contributed by atoms with Gasteiger partial charge >= 0.3 is 0 Å². The van der Waals surface area contributed by atoms with Crippen LogP contribution in [0.2, 0.25) is 5.02 Å². The Kier molecular flexibility index (Phi) is 3.68. The van der Waals surface area contributed by atoms with E-state index in [0.29, 0.717) is 10.6 Å². The Bertz CT molecular complexity index is 580.